The van der Waals surface area contributed by atoms with Crippen LogP contribution in [-0.2, 0) is 6.54 Å². The van der Waals surface area contributed by atoms with E-state index >= 15 is 0 Å². The third-order valence-electron chi connectivity index (χ3n) is 3.71. The lowest BCUT2D eigenvalue weighted by atomic mass is 10.4. The molecule has 0 amide bonds. The SMILES string of the molecule is CN(CCOc1ccc(CNC2CC2)nn1)C1CC1. The van der Waals surface area contributed by atoms with Gasteiger partial charge in [0.1, 0.15) is 6.61 Å². The molecule has 2 aliphatic rings. The second-order valence-electron chi connectivity index (χ2n) is 5.58. The molecule has 2 fully saturated rings. The molecule has 0 spiro atoms. The summed E-state index contributed by atoms with van der Waals surface area (Å²) in [4.78, 5) is 2.35. The van der Waals surface area contributed by atoms with Gasteiger partial charge in [-0.2, -0.15) is 5.10 Å². The van der Waals surface area contributed by atoms with Crippen molar-refractivity contribution in [1.82, 2.24) is 20.4 Å². The Balaban J connectivity index is 1.37. The summed E-state index contributed by atoms with van der Waals surface area (Å²) in [5, 5.41) is 11.7. The molecule has 0 aromatic carbocycles. The molecule has 1 aromatic rings. The molecule has 1 N–H and O–H groups in total. The van der Waals surface area contributed by atoms with E-state index in [-0.39, 0.29) is 0 Å². The van der Waals surface area contributed by atoms with Gasteiger partial charge in [0, 0.05) is 31.2 Å². The minimum Gasteiger partial charge on any atom is -0.475 e. The van der Waals surface area contributed by atoms with Gasteiger partial charge in [0.25, 0.3) is 0 Å². The molecule has 0 aliphatic heterocycles. The minimum atomic E-state index is 0.624. The maximum Gasteiger partial charge on any atom is 0.233 e. The molecule has 2 aliphatic carbocycles. The number of ether oxygens (including phenoxy) is 1. The van der Waals surface area contributed by atoms with E-state index in [1.165, 1.54) is 25.7 Å². The van der Waals surface area contributed by atoms with E-state index < -0.39 is 0 Å². The van der Waals surface area contributed by atoms with Gasteiger partial charge in [-0.15, -0.1) is 5.10 Å². The normalized spacial score (nSPS) is 18.8. The molecule has 1 aromatic heterocycles. The Hall–Kier alpha value is -1.20. The highest BCUT2D eigenvalue weighted by atomic mass is 16.5. The first-order valence-electron chi connectivity index (χ1n) is 7.20. The average Bonchev–Trinajstić information content (AvgIpc) is 3.30. The quantitative estimate of drug-likeness (QED) is 0.763. The summed E-state index contributed by atoms with van der Waals surface area (Å²) < 4.78 is 5.61. The molecule has 2 saturated carbocycles. The summed E-state index contributed by atoms with van der Waals surface area (Å²) in [6.07, 6.45) is 5.25. The lowest BCUT2D eigenvalue weighted by Crippen LogP contribution is -2.26. The van der Waals surface area contributed by atoms with Crippen LogP contribution in [0.2, 0.25) is 0 Å². The number of nitrogens with zero attached hydrogens (tertiary/aromatic N) is 3. The first-order valence-corrected chi connectivity index (χ1v) is 7.20. The van der Waals surface area contributed by atoms with Gasteiger partial charge in [-0.3, -0.25) is 0 Å². The topological polar surface area (TPSA) is 50.3 Å². The van der Waals surface area contributed by atoms with Crippen LogP contribution in [-0.4, -0.2) is 47.4 Å². The number of likely N-dealkylation sites (N-methyl/N-ethyl adjacent to an activating group) is 1. The second-order valence-corrected chi connectivity index (χ2v) is 5.58. The van der Waals surface area contributed by atoms with Crippen LogP contribution < -0.4 is 10.1 Å². The standard InChI is InChI=1S/C14H22N4O/c1-18(13-5-6-13)8-9-19-14-7-4-12(16-17-14)10-15-11-2-3-11/h4,7,11,13,15H,2-3,5-6,8-10H2,1H3. The Kier molecular flexibility index (Phi) is 3.94. The maximum atomic E-state index is 5.61. The third kappa shape index (κ3) is 4.14. The molecule has 0 bridgehead atoms. The van der Waals surface area contributed by atoms with Gasteiger partial charge in [-0.25, -0.2) is 0 Å². The largest absolute Gasteiger partial charge is 0.475 e. The Morgan fingerprint density at radius 1 is 1.26 bits per heavy atom. The number of rotatable bonds is 8. The first kappa shape index (κ1) is 12.8. The van der Waals surface area contributed by atoms with Crippen molar-refractivity contribution in [3.05, 3.63) is 17.8 Å². The van der Waals surface area contributed by atoms with E-state index in [1.54, 1.807) is 0 Å². The van der Waals surface area contributed by atoms with E-state index in [1.807, 2.05) is 12.1 Å². The van der Waals surface area contributed by atoms with Gasteiger partial charge >= 0.3 is 0 Å². The van der Waals surface area contributed by atoms with Gasteiger partial charge in [-0.1, -0.05) is 0 Å². The first-order chi connectivity index (χ1) is 9.31. The zero-order chi connectivity index (χ0) is 13.1. The monoisotopic (exact) mass is 262 g/mol. The Morgan fingerprint density at radius 2 is 2.11 bits per heavy atom. The predicted molar refractivity (Wildman–Crippen MR) is 73.0 cm³/mol. The zero-order valence-electron chi connectivity index (χ0n) is 11.5. The van der Waals surface area contributed by atoms with Gasteiger partial charge in [-0.05, 0) is 38.8 Å². The average molecular weight is 262 g/mol. The minimum absolute atomic E-state index is 0.624. The van der Waals surface area contributed by atoms with Crippen LogP contribution >= 0.6 is 0 Å². The fourth-order valence-electron chi connectivity index (χ4n) is 2.05. The van der Waals surface area contributed by atoms with Crippen LogP contribution in [0.1, 0.15) is 31.4 Å². The fourth-order valence-corrected chi connectivity index (χ4v) is 2.05. The van der Waals surface area contributed by atoms with Crippen molar-refractivity contribution in [2.24, 2.45) is 0 Å². The van der Waals surface area contributed by atoms with Crippen LogP contribution in [0.5, 0.6) is 5.88 Å². The molecule has 5 nitrogen and oxygen atoms in total. The van der Waals surface area contributed by atoms with Crippen LogP contribution in [0.3, 0.4) is 0 Å². The van der Waals surface area contributed by atoms with Crippen LogP contribution in [0.4, 0.5) is 0 Å². The van der Waals surface area contributed by atoms with Gasteiger partial charge in [0.15, 0.2) is 0 Å². The summed E-state index contributed by atoms with van der Waals surface area (Å²) in [7, 11) is 2.15. The molecule has 19 heavy (non-hydrogen) atoms. The molecule has 104 valence electrons. The summed E-state index contributed by atoms with van der Waals surface area (Å²) >= 11 is 0. The highest BCUT2D eigenvalue weighted by Crippen LogP contribution is 2.24. The van der Waals surface area contributed by atoms with E-state index in [9.17, 15) is 0 Å². The summed E-state index contributed by atoms with van der Waals surface area (Å²) in [5.74, 6) is 0.624. The van der Waals surface area contributed by atoms with Crippen molar-refractivity contribution in [1.29, 1.82) is 0 Å². The van der Waals surface area contributed by atoms with Gasteiger partial charge in [0.05, 0.1) is 5.69 Å². The van der Waals surface area contributed by atoms with E-state index in [0.717, 1.165) is 24.8 Å². The molecule has 0 radical (unpaired) electrons. The molecule has 5 heteroatoms. The van der Waals surface area contributed by atoms with Crippen LogP contribution in [0.15, 0.2) is 12.1 Å². The van der Waals surface area contributed by atoms with Crippen molar-refractivity contribution < 1.29 is 4.74 Å². The van der Waals surface area contributed by atoms with Crippen molar-refractivity contribution in [2.75, 3.05) is 20.2 Å². The summed E-state index contributed by atoms with van der Waals surface area (Å²) in [5.41, 5.74) is 0.981. The lowest BCUT2D eigenvalue weighted by molar-refractivity contribution is 0.225. The van der Waals surface area contributed by atoms with Gasteiger partial charge < -0.3 is 15.0 Å². The lowest BCUT2D eigenvalue weighted by Gasteiger charge is -2.15. The predicted octanol–water partition coefficient (Wildman–Crippen LogP) is 1.20. The number of nitrogens with one attached hydrogen (secondary N) is 1. The summed E-state index contributed by atoms with van der Waals surface area (Å²) in [6, 6.07) is 5.39. The van der Waals surface area contributed by atoms with Crippen molar-refractivity contribution in [2.45, 2.75) is 44.3 Å². The van der Waals surface area contributed by atoms with Gasteiger partial charge in [0.2, 0.25) is 5.88 Å². The van der Waals surface area contributed by atoms with E-state index in [2.05, 4.69) is 27.5 Å². The molecule has 0 atom stereocenters. The molecule has 0 unspecified atom stereocenters. The summed E-state index contributed by atoms with van der Waals surface area (Å²) in [6.45, 7) is 2.45. The van der Waals surface area contributed by atoms with Crippen molar-refractivity contribution >= 4 is 0 Å². The highest BCUT2D eigenvalue weighted by molar-refractivity contribution is 5.11. The smallest absolute Gasteiger partial charge is 0.233 e. The third-order valence-corrected chi connectivity index (χ3v) is 3.71. The molecular weight excluding hydrogens is 240 g/mol. The van der Waals surface area contributed by atoms with Crippen molar-refractivity contribution in [3.8, 4) is 5.88 Å². The zero-order valence-corrected chi connectivity index (χ0v) is 11.5. The molecule has 3 rings (SSSR count). The Morgan fingerprint density at radius 3 is 2.74 bits per heavy atom. The number of aromatic nitrogens is 2. The van der Waals surface area contributed by atoms with Crippen molar-refractivity contribution in [3.63, 3.8) is 0 Å². The highest BCUT2D eigenvalue weighted by Gasteiger charge is 2.25. The second kappa shape index (κ2) is 5.84. The van der Waals surface area contributed by atoms with Crippen LogP contribution in [0, 0.1) is 0 Å². The molecular formula is C14H22N4O. The Labute approximate surface area is 114 Å². The number of hydrogen-bond acceptors (Lipinski definition) is 5. The van der Waals surface area contributed by atoms with Crippen LogP contribution in [0.25, 0.3) is 0 Å². The van der Waals surface area contributed by atoms with E-state index in [0.29, 0.717) is 18.5 Å². The number of hydrogen-bond donors (Lipinski definition) is 1. The maximum absolute atomic E-state index is 5.61. The molecule has 0 saturated heterocycles. The molecule has 1 heterocycles. The Bertz CT molecular complexity index is 400. The van der Waals surface area contributed by atoms with E-state index in [4.69, 9.17) is 4.74 Å². The fraction of sp³-hybridized carbons (Fsp3) is 0.714.